The summed E-state index contributed by atoms with van der Waals surface area (Å²) in [4.78, 5) is 2.11. The van der Waals surface area contributed by atoms with Crippen molar-refractivity contribution in [3.8, 4) is 5.75 Å². The average molecular weight is 392 g/mol. The fourth-order valence-electron chi connectivity index (χ4n) is 4.21. The third-order valence-corrected chi connectivity index (χ3v) is 5.77. The molecule has 0 aromatic heterocycles. The van der Waals surface area contributed by atoms with E-state index in [0.717, 1.165) is 18.7 Å². The third kappa shape index (κ3) is 5.37. The summed E-state index contributed by atoms with van der Waals surface area (Å²) < 4.78 is 5.87. The molecule has 29 heavy (non-hydrogen) atoms. The molecule has 0 aliphatic heterocycles. The van der Waals surface area contributed by atoms with Gasteiger partial charge in [0, 0.05) is 18.4 Å². The number of hydrogen-bond acceptors (Lipinski definition) is 3. The number of benzene rings is 2. The van der Waals surface area contributed by atoms with E-state index in [4.69, 9.17) is 4.74 Å². The molecular formula is C26H33NO2. The number of hydrogen-bond donors (Lipinski definition) is 1. The minimum Gasteiger partial charge on any atom is -0.492 e. The van der Waals surface area contributed by atoms with Gasteiger partial charge in [-0.2, -0.15) is 0 Å². The molecule has 1 aliphatic carbocycles. The van der Waals surface area contributed by atoms with Crippen molar-refractivity contribution in [2.45, 2.75) is 31.3 Å². The van der Waals surface area contributed by atoms with Crippen LogP contribution >= 0.6 is 0 Å². The zero-order valence-electron chi connectivity index (χ0n) is 17.8. The molecule has 0 saturated heterocycles. The van der Waals surface area contributed by atoms with Crippen molar-refractivity contribution in [3.05, 3.63) is 90.0 Å². The van der Waals surface area contributed by atoms with Crippen LogP contribution in [-0.2, 0) is 0 Å². The maximum atomic E-state index is 11.5. The predicted octanol–water partition coefficient (Wildman–Crippen LogP) is 5.03. The highest BCUT2D eigenvalue weighted by Crippen LogP contribution is 2.43. The molecule has 0 spiro atoms. The van der Waals surface area contributed by atoms with E-state index in [2.05, 4.69) is 54.3 Å². The van der Waals surface area contributed by atoms with Gasteiger partial charge in [0.15, 0.2) is 0 Å². The van der Waals surface area contributed by atoms with E-state index in [1.165, 1.54) is 11.1 Å². The van der Waals surface area contributed by atoms with Crippen LogP contribution in [0.5, 0.6) is 5.75 Å². The third-order valence-electron chi connectivity index (χ3n) is 5.77. The lowest BCUT2D eigenvalue weighted by molar-refractivity contribution is 0.0200. The van der Waals surface area contributed by atoms with Gasteiger partial charge in [-0.3, -0.25) is 0 Å². The smallest absolute Gasteiger partial charge is 0.119 e. The summed E-state index contributed by atoms with van der Waals surface area (Å²) >= 11 is 0. The van der Waals surface area contributed by atoms with Crippen molar-refractivity contribution in [3.63, 3.8) is 0 Å². The maximum Gasteiger partial charge on any atom is 0.119 e. The first-order valence-electron chi connectivity index (χ1n) is 10.5. The number of rotatable bonds is 9. The van der Waals surface area contributed by atoms with E-state index >= 15 is 0 Å². The fourth-order valence-corrected chi connectivity index (χ4v) is 4.21. The van der Waals surface area contributed by atoms with Crippen LogP contribution in [0.15, 0.2) is 78.9 Å². The minimum absolute atomic E-state index is 0.0756. The molecule has 0 heterocycles. The molecule has 0 amide bonds. The van der Waals surface area contributed by atoms with Gasteiger partial charge >= 0.3 is 0 Å². The number of nitrogens with zero attached hydrogens (tertiary/aromatic N) is 1. The molecule has 3 atom stereocenters. The highest BCUT2D eigenvalue weighted by molar-refractivity contribution is 5.38. The quantitative estimate of drug-likeness (QED) is 0.651. The summed E-state index contributed by atoms with van der Waals surface area (Å²) in [6.45, 7) is 3.73. The van der Waals surface area contributed by atoms with Gasteiger partial charge in [-0.15, -0.1) is 0 Å². The van der Waals surface area contributed by atoms with Gasteiger partial charge in [-0.05, 0) is 50.2 Å². The van der Waals surface area contributed by atoms with Crippen LogP contribution in [0, 0.1) is 5.92 Å². The Morgan fingerprint density at radius 1 is 1.00 bits per heavy atom. The topological polar surface area (TPSA) is 32.7 Å². The summed E-state index contributed by atoms with van der Waals surface area (Å²) in [5, 5.41) is 11.5. The van der Waals surface area contributed by atoms with Crippen molar-refractivity contribution in [1.29, 1.82) is 0 Å². The molecule has 3 nitrogen and oxygen atoms in total. The van der Waals surface area contributed by atoms with E-state index in [-0.39, 0.29) is 11.8 Å². The number of ether oxygens (including phenoxy) is 1. The van der Waals surface area contributed by atoms with Crippen LogP contribution in [0.2, 0.25) is 0 Å². The summed E-state index contributed by atoms with van der Waals surface area (Å²) in [6.07, 6.45) is 9.54. The van der Waals surface area contributed by atoms with Crippen LogP contribution in [0.25, 0.3) is 0 Å². The van der Waals surface area contributed by atoms with Crippen molar-refractivity contribution in [2.75, 3.05) is 27.2 Å². The summed E-state index contributed by atoms with van der Waals surface area (Å²) in [6, 6.07) is 18.9. The van der Waals surface area contributed by atoms with E-state index in [9.17, 15) is 5.11 Å². The first-order chi connectivity index (χ1) is 14.0. The standard InChI is InChI=1S/C26H33NO2/c1-4-24(26(28)17-9-6-10-18-26)25(21-11-7-5-8-12-21)22-13-15-23(16-14-22)29-20-19-27(2)3/h5-17,24-25,28H,4,18-20H2,1-3H3/t24-,25?,26-/m0/s1. The van der Waals surface area contributed by atoms with Crippen molar-refractivity contribution < 1.29 is 9.84 Å². The molecule has 0 bridgehead atoms. The molecule has 0 fully saturated rings. The second kappa shape index (κ2) is 9.91. The SMILES string of the molecule is CC[C@@H](C(c1ccccc1)c1ccc(OCCN(C)C)cc1)[C@]1(O)C=CC=CC1. The lowest BCUT2D eigenvalue weighted by Crippen LogP contribution is -2.40. The van der Waals surface area contributed by atoms with Crippen LogP contribution in [-0.4, -0.2) is 42.9 Å². The summed E-state index contributed by atoms with van der Waals surface area (Å²) in [5.41, 5.74) is 1.60. The molecule has 2 aromatic carbocycles. The monoisotopic (exact) mass is 391 g/mol. The Morgan fingerprint density at radius 2 is 1.69 bits per heavy atom. The molecule has 0 radical (unpaired) electrons. The van der Waals surface area contributed by atoms with Crippen LogP contribution in [0.3, 0.4) is 0 Å². The predicted molar refractivity (Wildman–Crippen MR) is 120 cm³/mol. The van der Waals surface area contributed by atoms with Gasteiger partial charge in [0.1, 0.15) is 12.4 Å². The molecule has 3 rings (SSSR count). The highest BCUT2D eigenvalue weighted by atomic mass is 16.5. The minimum atomic E-state index is -0.842. The second-order valence-corrected chi connectivity index (χ2v) is 8.11. The Balaban J connectivity index is 1.90. The van der Waals surface area contributed by atoms with E-state index in [1.807, 2.05) is 50.5 Å². The largest absolute Gasteiger partial charge is 0.492 e. The zero-order valence-corrected chi connectivity index (χ0v) is 17.8. The number of likely N-dealkylation sites (N-methyl/N-ethyl adjacent to an activating group) is 1. The Morgan fingerprint density at radius 3 is 2.28 bits per heavy atom. The Kier molecular flexibility index (Phi) is 7.29. The number of allylic oxidation sites excluding steroid dienone is 2. The van der Waals surface area contributed by atoms with Crippen molar-refractivity contribution in [1.82, 2.24) is 4.90 Å². The molecular weight excluding hydrogens is 358 g/mol. The van der Waals surface area contributed by atoms with Gasteiger partial charge in [-0.1, -0.05) is 73.7 Å². The zero-order chi connectivity index (χ0) is 20.7. The van der Waals surface area contributed by atoms with Crippen molar-refractivity contribution >= 4 is 0 Å². The van der Waals surface area contributed by atoms with Gasteiger partial charge in [0.05, 0.1) is 5.60 Å². The summed E-state index contributed by atoms with van der Waals surface area (Å²) in [7, 11) is 4.09. The molecule has 1 N–H and O–H groups in total. The molecule has 3 heteroatoms. The lowest BCUT2D eigenvalue weighted by atomic mass is 9.68. The molecule has 1 unspecified atom stereocenters. The molecule has 154 valence electrons. The average Bonchev–Trinajstić information content (AvgIpc) is 2.73. The summed E-state index contributed by atoms with van der Waals surface area (Å²) in [5.74, 6) is 1.07. The van der Waals surface area contributed by atoms with Gasteiger partial charge in [-0.25, -0.2) is 0 Å². The van der Waals surface area contributed by atoms with Gasteiger partial charge in [0.25, 0.3) is 0 Å². The van der Waals surface area contributed by atoms with Crippen LogP contribution < -0.4 is 4.74 Å². The first kappa shape index (κ1) is 21.4. The van der Waals surface area contributed by atoms with E-state index < -0.39 is 5.60 Å². The molecule has 2 aromatic rings. The normalized spacial score (nSPS) is 20.6. The second-order valence-electron chi connectivity index (χ2n) is 8.11. The van der Waals surface area contributed by atoms with Crippen molar-refractivity contribution in [2.24, 2.45) is 5.92 Å². The van der Waals surface area contributed by atoms with E-state index in [1.54, 1.807) is 0 Å². The van der Waals surface area contributed by atoms with Gasteiger partial charge in [0.2, 0.25) is 0 Å². The number of aliphatic hydroxyl groups is 1. The fraction of sp³-hybridized carbons (Fsp3) is 0.385. The highest BCUT2D eigenvalue weighted by Gasteiger charge is 2.39. The first-order valence-corrected chi connectivity index (χ1v) is 10.5. The van der Waals surface area contributed by atoms with E-state index in [0.29, 0.717) is 13.0 Å². The maximum absolute atomic E-state index is 11.5. The van der Waals surface area contributed by atoms with Crippen LogP contribution in [0.1, 0.15) is 36.8 Å². The van der Waals surface area contributed by atoms with Gasteiger partial charge < -0.3 is 14.7 Å². The Hall–Kier alpha value is -2.36. The lowest BCUT2D eigenvalue weighted by Gasteiger charge is -2.39. The Labute approximate surface area is 175 Å². The molecule has 1 aliphatic rings. The van der Waals surface area contributed by atoms with Crippen LogP contribution in [0.4, 0.5) is 0 Å². The molecule has 0 saturated carbocycles. The Bertz CT molecular complexity index is 810.